The van der Waals surface area contributed by atoms with Crippen molar-refractivity contribution < 1.29 is 18.0 Å². The molecular weight excluding hydrogens is 390 g/mol. The van der Waals surface area contributed by atoms with Crippen molar-refractivity contribution in [2.45, 2.75) is 39.0 Å². The molecule has 0 heterocycles. The number of carbonyl (C=O) groups excluding carboxylic acids is 2. The van der Waals surface area contributed by atoms with Gasteiger partial charge in [0.15, 0.2) is 0 Å². The van der Waals surface area contributed by atoms with Crippen molar-refractivity contribution in [1.82, 2.24) is 10.0 Å². The molecule has 2 aromatic rings. The highest BCUT2D eigenvalue weighted by Gasteiger charge is 2.17. The van der Waals surface area contributed by atoms with E-state index >= 15 is 0 Å². The summed E-state index contributed by atoms with van der Waals surface area (Å²) in [6.07, 6.45) is 0.375. The molecule has 0 saturated heterocycles. The molecule has 0 aliphatic carbocycles. The van der Waals surface area contributed by atoms with Gasteiger partial charge in [-0.3, -0.25) is 9.59 Å². The van der Waals surface area contributed by atoms with Crippen LogP contribution in [-0.2, 0) is 14.8 Å². The van der Waals surface area contributed by atoms with Crippen molar-refractivity contribution in [2.75, 3.05) is 18.4 Å². The van der Waals surface area contributed by atoms with Gasteiger partial charge in [-0.1, -0.05) is 13.0 Å². The van der Waals surface area contributed by atoms with Gasteiger partial charge in [0.05, 0.1) is 4.90 Å². The average Bonchev–Trinajstić information content (AvgIpc) is 2.68. The first kappa shape index (κ1) is 22.6. The smallest absolute Gasteiger partial charge is 0.251 e. The topological polar surface area (TPSA) is 104 Å². The second-order valence-electron chi connectivity index (χ2n) is 6.83. The Morgan fingerprint density at radius 3 is 2.14 bits per heavy atom. The molecule has 2 amide bonds. The Balaban J connectivity index is 1.89. The minimum atomic E-state index is -3.65. The van der Waals surface area contributed by atoms with E-state index in [1.807, 2.05) is 19.9 Å². The number of nitrogens with one attached hydrogen (secondary N) is 3. The molecule has 0 aromatic heterocycles. The Labute approximate surface area is 172 Å². The normalized spacial score (nSPS) is 11.2. The van der Waals surface area contributed by atoms with Crippen LogP contribution in [0, 0.1) is 20.8 Å². The molecule has 7 nitrogen and oxygen atoms in total. The van der Waals surface area contributed by atoms with Crippen molar-refractivity contribution in [3.8, 4) is 0 Å². The third-order valence-electron chi connectivity index (χ3n) is 4.54. The standard InChI is InChI=1S/C21H27N3O4S/c1-5-20(25)24-18-8-6-17(7-9-18)21(26)22-10-11-23-29(27,28)19-13-15(3)14(2)12-16(19)4/h6-9,12-13,23H,5,10-11H2,1-4H3,(H,22,26)(H,24,25). The zero-order valence-corrected chi connectivity index (χ0v) is 17.9. The highest BCUT2D eigenvalue weighted by atomic mass is 32.2. The molecule has 0 radical (unpaired) electrons. The molecule has 8 heteroatoms. The molecule has 0 aliphatic heterocycles. The summed E-state index contributed by atoms with van der Waals surface area (Å²) in [6, 6.07) is 10.00. The predicted molar refractivity (Wildman–Crippen MR) is 114 cm³/mol. The van der Waals surface area contributed by atoms with Crippen LogP contribution in [-0.4, -0.2) is 33.3 Å². The first-order chi connectivity index (χ1) is 13.6. The van der Waals surface area contributed by atoms with E-state index in [-0.39, 0.29) is 29.8 Å². The van der Waals surface area contributed by atoms with Crippen LogP contribution in [0.25, 0.3) is 0 Å². The van der Waals surface area contributed by atoms with Gasteiger partial charge in [0, 0.05) is 30.8 Å². The first-order valence-corrected chi connectivity index (χ1v) is 10.9. The van der Waals surface area contributed by atoms with Crippen LogP contribution in [0.3, 0.4) is 0 Å². The van der Waals surface area contributed by atoms with Gasteiger partial charge in [-0.2, -0.15) is 0 Å². The van der Waals surface area contributed by atoms with Gasteiger partial charge in [0.2, 0.25) is 15.9 Å². The van der Waals surface area contributed by atoms with Crippen LogP contribution in [0.1, 0.15) is 40.4 Å². The van der Waals surface area contributed by atoms with Crippen molar-refractivity contribution >= 4 is 27.5 Å². The summed E-state index contributed by atoms with van der Waals surface area (Å²) in [7, 11) is -3.65. The molecule has 0 fully saturated rings. The van der Waals surface area contributed by atoms with Gasteiger partial charge in [-0.25, -0.2) is 13.1 Å². The number of sulfonamides is 1. The van der Waals surface area contributed by atoms with Gasteiger partial charge >= 0.3 is 0 Å². The quantitative estimate of drug-likeness (QED) is 0.574. The van der Waals surface area contributed by atoms with E-state index in [1.165, 1.54) is 0 Å². The highest BCUT2D eigenvalue weighted by molar-refractivity contribution is 7.89. The van der Waals surface area contributed by atoms with E-state index in [0.717, 1.165) is 11.1 Å². The fraction of sp³-hybridized carbons (Fsp3) is 0.333. The molecule has 0 aliphatic rings. The minimum Gasteiger partial charge on any atom is -0.351 e. The van der Waals surface area contributed by atoms with E-state index in [1.54, 1.807) is 44.2 Å². The summed E-state index contributed by atoms with van der Waals surface area (Å²) < 4.78 is 27.6. The maximum absolute atomic E-state index is 12.5. The lowest BCUT2D eigenvalue weighted by molar-refractivity contribution is -0.115. The number of aryl methyl sites for hydroxylation is 3. The van der Waals surface area contributed by atoms with Crippen LogP contribution in [0.2, 0.25) is 0 Å². The van der Waals surface area contributed by atoms with E-state index in [0.29, 0.717) is 23.2 Å². The predicted octanol–water partition coefficient (Wildman–Crippen LogP) is 2.67. The largest absolute Gasteiger partial charge is 0.351 e. The summed E-state index contributed by atoms with van der Waals surface area (Å²) >= 11 is 0. The maximum atomic E-state index is 12.5. The number of carbonyl (C=O) groups is 2. The molecule has 0 unspecified atom stereocenters. The molecule has 29 heavy (non-hydrogen) atoms. The second kappa shape index (κ2) is 9.67. The lowest BCUT2D eigenvalue weighted by atomic mass is 10.1. The molecular formula is C21H27N3O4S. The molecule has 2 aromatic carbocycles. The Hall–Kier alpha value is -2.71. The average molecular weight is 418 g/mol. The second-order valence-corrected chi connectivity index (χ2v) is 8.57. The van der Waals surface area contributed by atoms with E-state index in [4.69, 9.17) is 0 Å². The Bertz CT molecular complexity index is 999. The Kier molecular flexibility index (Phi) is 7.53. The van der Waals surface area contributed by atoms with Crippen molar-refractivity contribution in [1.29, 1.82) is 0 Å². The molecule has 0 atom stereocenters. The fourth-order valence-electron chi connectivity index (χ4n) is 2.72. The van der Waals surface area contributed by atoms with Crippen LogP contribution >= 0.6 is 0 Å². The molecule has 0 spiro atoms. The van der Waals surface area contributed by atoms with E-state index < -0.39 is 10.0 Å². The minimum absolute atomic E-state index is 0.0745. The number of benzene rings is 2. The Morgan fingerprint density at radius 2 is 1.52 bits per heavy atom. The monoisotopic (exact) mass is 417 g/mol. The Morgan fingerprint density at radius 1 is 0.897 bits per heavy atom. The summed E-state index contributed by atoms with van der Waals surface area (Å²) in [4.78, 5) is 23.8. The number of amides is 2. The van der Waals surface area contributed by atoms with Crippen LogP contribution < -0.4 is 15.4 Å². The van der Waals surface area contributed by atoms with E-state index in [2.05, 4.69) is 15.4 Å². The highest BCUT2D eigenvalue weighted by Crippen LogP contribution is 2.19. The van der Waals surface area contributed by atoms with Crippen LogP contribution in [0.4, 0.5) is 5.69 Å². The lowest BCUT2D eigenvalue weighted by Crippen LogP contribution is -2.35. The van der Waals surface area contributed by atoms with E-state index in [9.17, 15) is 18.0 Å². The van der Waals surface area contributed by atoms with Gasteiger partial charge in [-0.05, 0) is 67.8 Å². The number of hydrogen-bond acceptors (Lipinski definition) is 4. The van der Waals surface area contributed by atoms with Crippen molar-refractivity contribution in [3.63, 3.8) is 0 Å². The SMILES string of the molecule is CCC(=O)Nc1ccc(C(=O)NCCNS(=O)(=O)c2cc(C)c(C)cc2C)cc1. The summed E-state index contributed by atoms with van der Waals surface area (Å²) in [5.41, 5.74) is 3.66. The summed E-state index contributed by atoms with van der Waals surface area (Å²) in [5, 5.41) is 5.38. The van der Waals surface area contributed by atoms with Crippen LogP contribution in [0.5, 0.6) is 0 Å². The van der Waals surface area contributed by atoms with Crippen molar-refractivity contribution in [2.24, 2.45) is 0 Å². The van der Waals surface area contributed by atoms with Gasteiger partial charge < -0.3 is 10.6 Å². The fourth-order valence-corrected chi connectivity index (χ4v) is 4.06. The van der Waals surface area contributed by atoms with Gasteiger partial charge in [0.25, 0.3) is 5.91 Å². The van der Waals surface area contributed by atoms with Gasteiger partial charge in [-0.15, -0.1) is 0 Å². The number of rotatable bonds is 8. The first-order valence-electron chi connectivity index (χ1n) is 9.39. The number of anilines is 1. The third-order valence-corrected chi connectivity index (χ3v) is 6.14. The lowest BCUT2D eigenvalue weighted by Gasteiger charge is -2.12. The van der Waals surface area contributed by atoms with Crippen molar-refractivity contribution in [3.05, 3.63) is 58.7 Å². The maximum Gasteiger partial charge on any atom is 0.251 e. The summed E-state index contributed by atoms with van der Waals surface area (Å²) in [6.45, 7) is 7.54. The molecule has 0 saturated carbocycles. The number of hydrogen-bond donors (Lipinski definition) is 3. The van der Waals surface area contributed by atoms with Gasteiger partial charge in [0.1, 0.15) is 0 Å². The zero-order valence-electron chi connectivity index (χ0n) is 17.1. The van der Waals surface area contributed by atoms with Crippen LogP contribution in [0.15, 0.2) is 41.3 Å². The zero-order chi connectivity index (χ0) is 21.6. The molecule has 3 N–H and O–H groups in total. The molecule has 0 bridgehead atoms. The third kappa shape index (κ3) is 6.13. The molecule has 156 valence electrons. The summed E-state index contributed by atoms with van der Waals surface area (Å²) in [5.74, 6) is -0.423. The molecule has 2 rings (SSSR count).